The Kier molecular flexibility index (Phi) is 3.28. The van der Waals surface area contributed by atoms with Crippen molar-refractivity contribution in [3.63, 3.8) is 0 Å². The summed E-state index contributed by atoms with van der Waals surface area (Å²) in [5, 5.41) is 0. The van der Waals surface area contributed by atoms with E-state index in [2.05, 4.69) is 61.5 Å². The molecule has 1 heteroatoms. The fraction of sp³-hybridized carbons (Fsp3) is 0.167. The van der Waals surface area contributed by atoms with Gasteiger partial charge in [0.25, 0.3) is 0 Å². The molecule has 94 valence electrons. The Morgan fingerprint density at radius 3 is 2.00 bits per heavy atom. The van der Waals surface area contributed by atoms with Crippen LogP contribution in [0.5, 0.6) is 0 Å². The van der Waals surface area contributed by atoms with Crippen LogP contribution >= 0.6 is 0 Å². The van der Waals surface area contributed by atoms with Gasteiger partial charge in [-0.3, -0.25) is 4.99 Å². The van der Waals surface area contributed by atoms with Gasteiger partial charge < -0.3 is 0 Å². The van der Waals surface area contributed by atoms with Crippen molar-refractivity contribution >= 4 is 11.3 Å². The van der Waals surface area contributed by atoms with Crippen molar-refractivity contribution in [1.82, 2.24) is 0 Å². The molecule has 0 saturated heterocycles. The van der Waals surface area contributed by atoms with Crippen molar-refractivity contribution in [3.8, 4) is 0 Å². The molecule has 2 aromatic rings. The summed E-state index contributed by atoms with van der Waals surface area (Å²) in [4.78, 5) is 4.76. The lowest BCUT2D eigenvalue weighted by molar-refractivity contribution is 1.04. The zero-order chi connectivity index (χ0) is 13.1. The molecule has 19 heavy (non-hydrogen) atoms. The molecule has 0 spiro atoms. The summed E-state index contributed by atoms with van der Waals surface area (Å²) in [6, 6.07) is 21.1. The number of rotatable bonds is 3. The lowest BCUT2D eigenvalue weighted by Gasteiger charge is -2.10. The van der Waals surface area contributed by atoms with E-state index >= 15 is 0 Å². The van der Waals surface area contributed by atoms with Gasteiger partial charge in [0.2, 0.25) is 0 Å². The third-order valence-electron chi connectivity index (χ3n) is 3.55. The maximum atomic E-state index is 4.76. The number of aliphatic imine (C=N–C) groups is 1. The number of hydrogen-bond acceptors (Lipinski definition) is 1. The molecule has 1 heterocycles. The van der Waals surface area contributed by atoms with Crippen LogP contribution in [0, 0.1) is 0 Å². The quantitative estimate of drug-likeness (QED) is 0.764. The van der Waals surface area contributed by atoms with E-state index < -0.39 is 0 Å². The van der Waals surface area contributed by atoms with Gasteiger partial charge in [0.15, 0.2) is 0 Å². The van der Waals surface area contributed by atoms with Crippen LogP contribution in [0.15, 0.2) is 71.2 Å². The molecule has 0 aromatic heterocycles. The molecule has 1 aliphatic rings. The van der Waals surface area contributed by atoms with E-state index in [1.54, 1.807) is 0 Å². The first kappa shape index (κ1) is 11.9. The summed E-state index contributed by atoms with van der Waals surface area (Å²) in [6.45, 7) is 3.05. The normalized spacial score (nSPS) is 14.7. The lowest BCUT2D eigenvalue weighted by Crippen LogP contribution is -2.02. The molecule has 0 saturated carbocycles. The molecular weight excluding hydrogens is 230 g/mol. The molecule has 1 aliphatic heterocycles. The maximum Gasteiger partial charge on any atom is 0.0729 e. The summed E-state index contributed by atoms with van der Waals surface area (Å²) in [7, 11) is 0. The zero-order valence-corrected chi connectivity index (χ0v) is 11.1. The standard InChI is InChI=1S/C18H17N/c1-2-14-13-19-18(16-11-7-4-8-12-16)17(14)15-9-5-3-6-10-15/h3-12H,2,13H2,1H3. The summed E-state index contributed by atoms with van der Waals surface area (Å²) in [5.41, 5.74) is 6.40. The fourth-order valence-electron chi connectivity index (χ4n) is 2.57. The second kappa shape index (κ2) is 5.23. The predicted molar refractivity (Wildman–Crippen MR) is 81.5 cm³/mol. The Morgan fingerprint density at radius 2 is 1.42 bits per heavy atom. The predicted octanol–water partition coefficient (Wildman–Crippen LogP) is 4.35. The summed E-state index contributed by atoms with van der Waals surface area (Å²) in [5.74, 6) is 0. The number of nitrogens with zero attached hydrogens (tertiary/aromatic N) is 1. The van der Waals surface area contributed by atoms with E-state index in [0.717, 1.165) is 18.7 Å². The molecule has 0 N–H and O–H groups in total. The van der Waals surface area contributed by atoms with E-state index in [4.69, 9.17) is 4.99 Å². The van der Waals surface area contributed by atoms with Crippen molar-refractivity contribution in [2.45, 2.75) is 13.3 Å². The highest BCUT2D eigenvalue weighted by atomic mass is 14.8. The molecule has 0 aliphatic carbocycles. The van der Waals surface area contributed by atoms with Crippen molar-refractivity contribution in [1.29, 1.82) is 0 Å². The van der Waals surface area contributed by atoms with Gasteiger partial charge in [-0.2, -0.15) is 0 Å². The lowest BCUT2D eigenvalue weighted by atomic mass is 9.93. The van der Waals surface area contributed by atoms with E-state index in [1.165, 1.54) is 22.3 Å². The van der Waals surface area contributed by atoms with Crippen LogP contribution in [0.3, 0.4) is 0 Å². The molecule has 0 amide bonds. The molecule has 2 aromatic carbocycles. The SMILES string of the molecule is CCC1=C(c2ccccc2)C(c2ccccc2)=NC1. The van der Waals surface area contributed by atoms with Crippen LogP contribution in [-0.4, -0.2) is 12.3 Å². The maximum absolute atomic E-state index is 4.76. The van der Waals surface area contributed by atoms with Gasteiger partial charge in [0, 0.05) is 11.1 Å². The Bertz CT molecular complexity index is 621. The van der Waals surface area contributed by atoms with Crippen LogP contribution in [-0.2, 0) is 0 Å². The van der Waals surface area contributed by atoms with Crippen LogP contribution in [0.2, 0.25) is 0 Å². The Labute approximate surface area is 114 Å². The van der Waals surface area contributed by atoms with Crippen LogP contribution in [0.1, 0.15) is 24.5 Å². The number of benzene rings is 2. The number of hydrogen-bond donors (Lipinski definition) is 0. The molecule has 0 bridgehead atoms. The molecule has 0 radical (unpaired) electrons. The van der Waals surface area contributed by atoms with Crippen molar-refractivity contribution in [2.24, 2.45) is 4.99 Å². The van der Waals surface area contributed by atoms with Crippen LogP contribution in [0.4, 0.5) is 0 Å². The highest BCUT2D eigenvalue weighted by molar-refractivity contribution is 6.33. The van der Waals surface area contributed by atoms with Gasteiger partial charge in [-0.25, -0.2) is 0 Å². The third kappa shape index (κ3) is 2.24. The third-order valence-corrected chi connectivity index (χ3v) is 3.55. The number of allylic oxidation sites excluding steroid dienone is 1. The van der Waals surface area contributed by atoms with E-state index in [-0.39, 0.29) is 0 Å². The minimum absolute atomic E-state index is 0.838. The second-order valence-corrected chi connectivity index (χ2v) is 4.73. The van der Waals surface area contributed by atoms with Gasteiger partial charge in [0.05, 0.1) is 12.3 Å². The smallest absolute Gasteiger partial charge is 0.0729 e. The average molecular weight is 247 g/mol. The van der Waals surface area contributed by atoms with E-state index in [0.29, 0.717) is 0 Å². The monoisotopic (exact) mass is 247 g/mol. The van der Waals surface area contributed by atoms with Gasteiger partial charge in [0.1, 0.15) is 0 Å². The van der Waals surface area contributed by atoms with Crippen LogP contribution in [0.25, 0.3) is 5.57 Å². The highest BCUT2D eigenvalue weighted by Gasteiger charge is 2.20. The first-order valence-corrected chi connectivity index (χ1v) is 6.78. The van der Waals surface area contributed by atoms with Gasteiger partial charge in [-0.05, 0) is 17.6 Å². The molecule has 1 nitrogen and oxygen atoms in total. The summed E-state index contributed by atoms with van der Waals surface area (Å²) < 4.78 is 0. The largest absolute Gasteiger partial charge is 0.280 e. The van der Waals surface area contributed by atoms with Crippen LogP contribution < -0.4 is 0 Å². The van der Waals surface area contributed by atoms with E-state index in [1.807, 2.05) is 6.07 Å². The Morgan fingerprint density at radius 1 is 0.842 bits per heavy atom. The second-order valence-electron chi connectivity index (χ2n) is 4.73. The van der Waals surface area contributed by atoms with Crippen molar-refractivity contribution < 1.29 is 0 Å². The minimum atomic E-state index is 0.838. The topological polar surface area (TPSA) is 12.4 Å². The Balaban J connectivity index is 2.10. The van der Waals surface area contributed by atoms with Gasteiger partial charge in [-0.1, -0.05) is 67.6 Å². The van der Waals surface area contributed by atoms with Gasteiger partial charge in [-0.15, -0.1) is 0 Å². The Hall–Kier alpha value is -2.15. The summed E-state index contributed by atoms with van der Waals surface area (Å²) in [6.07, 6.45) is 1.06. The molecule has 0 atom stereocenters. The first-order valence-electron chi connectivity index (χ1n) is 6.78. The average Bonchev–Trinajstić information content (AvgIpc) is 2.93. The summed E-state index contributed by atoms with van der Waals surface area (Å²) >= 11 is 0. The molecule has 0 fully saturated rings. The van der Waals surface area contributed by atoms with E-state index in [9.17, 15) is 0 Å². The minimum Gasteiger partial charge on any atom is -0.280 e. The van der Waals surface area contributed by atoms with Gasteiger partial charge >= 0.3 is 0 Å². The zero-order valence-electron chi connectivity index (χ0n) is 11.1. The van der Waals surface area contributed by atoms with Crippen molar-refractivity contribution in [3.05, 3.63) is 77.4 Å². The highest BCUT2D eigenvalue weighted by Crippen LogP contribution is 2.30. The molecule has 0 unspecified atom stereocenters. The fourth-order valence-corrected chi connectivity index (χ4v) is 2.57. The molecule has 3 rings (SSSR count). The first-order chi connectivity index (χ1) is 9.40. The van der Waals surface area contributed by atoms with Crippen molar-refractivity contribution in [2.75, 3.05) is 6.54 Å². The molecular formula is C18H17N.